The second-order valence-electron chi connectivity index (χ2n) is 5.42. The summed E-state index contributed by atoms with van der Waals surface area (Å²) in [6.07, 6.45) is -0.00925. The van der Waals surface area contributed by atoms with Gasteiger partial charge in [0.2, 0.25) is 0 Å². The Bertz CT molecular complexity index is 651. The number of aliphatic hydroxyl groups excluding tert-OH is 1. The maximum Gasteiger partial charge on any atom is 0.128 e. The van der Waals surface area contributed by atoms with Crippen LogP contribution in [0.5, 0.6) is 5.75 Å². The molecular weight excluding hydrogens is 316 g/mol. The van der Waals surface area contributed by atoms with E-state index in [-0.39, 0.29) is 6.10 Å². The maximum atomic E-state index is 10.4. The van der Waals surface area contributed by atoms with Crippen LogP contribution in [0.15, 0.2) is 40.9 Å². The molecule has 1 aliphatic rings. The molecule has 1 heterocycles. The average Bonchev–Trinajstić information content (AvgIpc) is 2.39. The number of hydrogen-bond acceptors (Lipinski definition) is 2. The largest absolute Gasteiger partial charge is 0.485 e. The lowest BCUT2D eigenvalue weighted by Gasteiger charge is -2.30. The molecule has 0 amide bonds. The quantitative estimate of drug-likeness (QED) is 0.825. The lowest BCUT2D eigenvalue weighted by Crippen LogP contribution is -2.19. The molecule has 3 rings (SSSR count). The molecule has 20 heavy (non-hydrogen) atoms. The van der Waals surface area contributed by atoms with Crippen LogP contribution in [0.2, 0.25) is 0 Å². The first-order valence-electron chi connectivity index (χ1n) is 6.76. The zero-order valence-electron chi connectivity index (χ0n) is 11.6. The molecule has 0 aromatic heterocycles. The van der Waals surface area contributed by atoms with Crippen LogP contribution in [0.1, 0.15) is 40.9 Å². The number of fused-ring (bicyclic) bond motifs is 1. The summed E-state index contributed by atoms with van der Waals surface area (Å²) in [7, 11) is 0. The highest BCUT2D eigenvalue weighted by molar-refractivity contribution is 9.10. The van der Waals surface area contributed by atoms with Gasteiger partial charge in [0.25, 0.3) is 0 Å². The van der Waals surface area contributed by atoms with Crippen LogP contribution in [-0.2, 0) is 0 Å². The fraction of sp³-hybridized carbons (Fsp3) is 0.294. The van der Waals surface area contributed by atoms with Crippen molar-refractivity contribution in [2.45, 2.75) is 32.5 Å². The molecule has 0 bridgehead atoms. The standard InChI is InChI=1S/C17H17BrO2/c1-10-4-6-16-13(7-10)15(19)9-17(20-16)12-5-3-11(2)8-14(12)18/h3-8,15,17,19H,9H2,1-2H3. The third kappa shape index (κ3) is 2.48. The van der Waals surface area contributed by atoms with Crippen LogP contribution >= 0.6 is 15.9 Å². The second-order valence-corrected chi connectivity index (χ2v) is 6.28. The van der Waals surface area contributed by atoms with E-state index in [1.807, 2.05) is 25.1 Å². The Kier molecular flexibility index (Phi) is 3.57. The summed E-state index contributed by atoms with van der Waals surface area (Å²) >= 11 is 3.59. The number of ether oxygens (including phenoxy) is 1. The van der Waals surface area contributed by atoms with Gasteiger partial charge in [-0.3, -0.25) is 0 Å². The maximum absolute atomic E-state index is 10.4. The average molecular weight is 333 g/mol. The van der Waals surface area contributed by atoms with Crippen molar-refractivity contribution in [1.82, 2.24) is 0 Å². The number of halogens is 1. The van der Waals surface area contributed by atoms with Crippen LogP contribution in [0, 0.1) is 13.8 Å². The normalized spacial score (nSPS) is 21.2. The smallest absolute Gasteiger partial charge is 0.128 e. The monoisotopic (exact) mass is 332 g/mol. The van der Waals surface area contributed by atoms with Gasteiger partial charge in [-0.05, 0) is 37.6 Å². The second kappa shape index (κ2) is 5.23. The van der Waals surface area contributed by atoms with Crippen molar-refractivity contribution in [3.63, 3.8) is 0 Å². The van der Waals surface area contributed by atoms with E-state index in [0.29, 0.717) is 6.42 Å². The van der Waals surface area contributed by atoms with Gasteiger partial charge in [-0.1, -0.05) is 39.7 Å². The highest BCUT2D eigenvalue weighted by Gasteiger charge is 2.29. The minimum Gasteiger partial charge on any atom is -0.485 e. The molecule has 0 aliphatic carbocycles. The van der Waals surface area contributed by atoms with Gasteiger partial charge in [0.05, 0.1) is 6.10 Å². The highest BCUT2D eigenvalue weighted by Crippen LogP contribution is 2.42. The van der Waals surface area contributed by atoms with Crippen LogP contribution < -0.4 is 4.74 Å². The minimum absolute atomic E-state index is 0.116. The molecule has 2 aromatic carbocycles. The van der Waals surface area contributed by atoms with E-state index in [1.54, 1.807) is 0 Å². The summed E-state index contributed by atoms with van der Waals surface area (Å²) in [5.41, 5.74) is 4.32. The number of aliphatic hydroxyl groups is 1. The van der Waals surface area contributed by atoms with E-state index in [9.17, 15) is 5.11 Å². The van der Waals surface area contributed by atoms with Crippen LogP contribution in [-0.4, -0.2) is 5.11 Å². The first-order chi connectivity index (χ1) is 9.54. The summed E-state index contributed by atoms with van der Waals surface area (Å²) in [5.74, 6) is 0.784. The molecule has 1 N–H and O–H groups in total. The Labute approximate surface area is 127 Å². The molecular formula is C17H17BrO2. The molecule has 0 radical (unpaired) electrons. The van der Waals surface area contributed by atoms with Gasteiger partial charge in [-0.15, -0.1) is 0 Å². The summed E-state index contributed by atoms with van der Waals surface area (Å²) < 4.78 is 7.11. The predicted molar refractivity (Wildman–Crippen MR) is 83.0 cm³/mol. The Morgan fingerprint density at radius 2 is 1.75 bits per heavy atom. The molecule has 0 saturated carbocycles. The first-order valence-corrected chi connectivity index (χ1v) is 7.55. The first kappa shape index (κ1) is 13.7. The minimum atomic E-state index is -0.475. The number of rotatable bonds is 1. The lowest BCUT2D eigenvalue weighted by atomic mass is 9.94. The zero-order valence-corrected chi connectivity index (χ0v) is 13.1. The predicted octanol–water partition coefficient (Wildman–Crippen LogP) is 4.62. The van der Waals surface area contributed by atoms with Gasteiger partial charge < -0.3 is 9.84 Å². The molecule has 104 valence electrons. The molecule has 3 heteroatoms. The summed E-state index contributed by atoms with van der Waals surface area (Å²) in [4.78, 5) is 0. The van der Waals surface area contributed by atoms with Gasteiger partial charge >= 0.3 is 0 Å². The van der Waals surface area contributed by atoms with Crippen LogP contribution in [0.3, 0.4) is 0 Å². The zero-order chi connectivity index (χ0) is 14.3. The third-order valence-corrected chi connectivity index (χ3v) is 4.42. The molecule has 2 aromatic rings. The Hall–Kier alpha value is -1.32. The van der Waals surface area contributed by atoms with E-state index >= 15 is 0 Å². The topological polar surface area (TPSA) is 29.5 Å². The van der Waals surface area contributed by atoms with Gasteiger partial charge in [-0.2, -0.15) is 0 Å². The lowest BCUT2D eigenvalue weighted by molar-refractivity contribution is 0.0653. The van der Waals surface area contributed by atoms with Crippen molar-refractivity contribution in [2.75, 3.05) is 0 Å². The number of aryl methyl sites for hydroxylation is 2. The van der Waals surface area contributed by atoms with E-state index in [1.165, 1.54) is 5.56 Å². The van der Waals surface area contributed by atoms with E-state index in [2.05, 4.69) is 41.1 Å². The summed E-state index contributed by atoms with van der Waals surface area (Å²) in [6, 6.07) is 12.2. The molecule has 0 fully saturated rings. The Balaban J connectivity index is 1.97. The molecule has 2 nitrogen and oxygen atoms in total. The van der Waals surface area contributed by atoms with Crippen molar-refractivity contribution in [3.05, 3.63) is 63.1 Å². The van der Waals surface area contributed by atoms with E-state index < -0.39 is 6.10 Å². The van der Waals surface area contributed by atoms with Crippen molar-refractivity contribution in [1.29, 1.82) is 0 Å². The van der Waals surface area contributed by atoms with E-state index in [4.69, 9.17) is 4.74 Å². The van der Waals surface area contributed by atoms with Gasteiger partial charge in [0, 0.05) is 22.0 Å². The highest BCUT2D eigenvalue weighted by atomic mass is 79.9. The third-order valence-electron chi connectivity index (χ3n) is 3.73. The summed E-state index contributed by atoms with van der Waals surface area (Å²) in [5, 5.41) is 10.4. The molecule has 2 atom stereocenters. The van der Waals surface area contributed by atoms with Crippen molar-refractivity contribution >= 4 is 15.9 Å². The Morgan fingerprint density at radius 3 is 2.50 bits per heavy atom. The molecule has 0 spiro atoms. The van der Waals surface area contributed by atoms with Gasteiger partial charge in [0.1, 0.15) is 11.9 Å². The van der Waals surface area contributed by atoms with Gasteiger partial charge in [0.15, 0.2) is 0 Å². The molecule has 0 saturated heterocycles. The number of benzene rings is 2. The SMILES string of the molecule is Cc1ccc(C2CC(O)c3cc(C)ccc3O2)c(Br)c1. The van der Waals surface area contributed by atoms with Gasteiger partial charge in [-0.25, -0.2) is 0 Å². The van der Waals surface area contributed by atoms with Crippen molar-refractivity contribution in [3.8, 4) is 5.75 Å². The van der Waals surface area contributed by atoms with Crippen LogP contribution in [0.25, 0.3) is 0 Å². The van der Waals surface area contributed by atoms with Crippen molar-refractivity contribution in [2.24, 2.45) is 0 Å². The van der Waals surface area contributed by atoms with Crippen molar-refractivity contribution < 1.29 is 9.84 Å². The van der Waals surface area contributed by atoms with Crippen LogP contribution in [0.4, 0.5) is 0 Å². The van der Waals surface area contributed by atoms with E-state index in [0.717, 1.165) is 26.9 Å². The number of hydrogen-bond donors (Lipinski definition) is 1. The Morgan fingerprint density at radius 1 is 1.05 bits per heavy atom. The molecule has 2 unspecified atom stereocenters. The molecule has 1 aliphatic heterocycles. The fourth-order valence-electron chi connectivity index (χ4n) is 2.65. The fourth-order valence-corrected chi connectivity index (χ4v) is 3.40. The summed E-state index contributed by atoms with van der Waals surface area (Å²) in [6.45, 7) is 4.08.